The molecule has 0 bridgehead atoms. The predicted octanol–water partition coefficient (Wildman–Crippen LogP) is 7.18. The zero-order valence-corrected chi connectivity index (χ0v) is 21.5. The van der Waals surface area contributed by atoms with Gasteiger partial charge in [-0.2, -0.15) is 0 Å². The molecule has 2 aliphatic heterocycles. The van der Waals surface area contributed by atoms with E-state index in [9.17, 15) is 0 Å². The van der Waals surface area contributed by atoms with Crippen LogP contribution in [0.5, 0.6) is 23.0 Å². The topological polar surface area (TPSA) is 23.4 Å². The number of para-hydroxylation sites is 4. The average Bonchev–Trinajstić information content (AvgIpc) is 3.36. The largest absolute Gasteiger partial charge is 0.458 e. The minimum atomic E-state index is 0.0408. The van der Waals surface area contributed by atoms with Crippen LogP contribution in [0.15, 0.2) is 133 Å². The van der Waals surface area contributed by atoms with Crippen LogP contribution in [-0.2, 0) is 0 Å². The fraction of sp³-hybridized carbons (Fsp3) is 0. The van der Waals surface area contributed by atoms with Crippen molar-refractivity contribution in [1.82, 2.24) is 4.57 Å². The number of hydrogen-bond donors (Lipinski definition) is 0. The van der Waals surface area contributed by atoms with Crippen molar-refractivity contribution < 1.29 is 9.47 Å². The first-order chi connectivity index (χ1) is 19.8. The maximum absolute atomic E-state index is 6.47. The molecule has 0 fully saturated rings. The Morgan fingerprint density at radius 2 is 1.18 bits per heavy atom. The quantitative estimate of drug-likeness (QED) is 0.230. The van der Waals surface area contributed by atoms with Crippen LogP contribution in [0.25, 0.3) is 38.6 Å². The van der Waals surface area contributed by atoms with E-state index in [-0.39, 0.29) is 6.71 Å². The Labute approximate surface area is 231 Å². The SMILES string of the molecule is c1ccc(-n2c3ccccc3c3cccc(-c4ccc5c(c4)B4c6ccccc6Oc6cccc(c64)O5)c32)cc1. The summed E-state index contributed by atoms with van der Waals surface area (Å²) in [5.74, 6) is 3.53. The third-order valence-electron chi connectivity index (χ3n) is 8.33. The zero-order chi connectivity index (χ0) is 26.2. The van der Waals surface area contributed by atoms with E-state index in [1.165, 1.54) is 32.8 Å². The van der Waals surface area contributed by atoms with Gasteiger partial charge in [-0.1, -0.05) is 91.0 Å². The highest BCUT2D eigenvalue weighted by molar-refractivity contribution is 6.98. The second kappa shape index (κ2) is 8.14. The number of benzene rings is 6. The third kappa shape index (κ3) is 2.96. The van der Waals surface area contributed by atoms with E-state index >= 15 is 0 Å². The van der Waals surface area contributed by atoms with Gasteiger partial charge < -0.3 is 14.0 Å². The summed E-state index contributed by atoms with van der Waals surface area (Å²) in [6.45, 7) is 0.0408. The first-order valence-corrected chi connectivity index (χ1v) is 13.6. The molecular formula is C36H22BNO2. The van der Waals surface area contributed by atoms with Crippen LogP contribution < -0.4 is 25.9 Å². The van der Waals surface area contributed by atoms with Crippen LogP contribution in [0.1, 0.15) is 0 Å². The molecule has 1 aromatic heterocycles. The predicted molar refractivity (Wildman–Crippen MR) is 164 cm³/mol. The van der Waals surface area contributed by atoms with Gasteiger partial charge >= 0.3 is 0 Å². The highest BCUT2D eigenvalue weighted by Crippen LogP contribution is 2.40. The van der Waals surface area contributed by atoms with Crippen molar-refractivity contribution in [3.8, 4) is 39.8 Å². The lowest BCUT2D eigenvalue weighted by atomic mass is 9.35. The van der Waals surface area contributed by atoms with Gasteiger partial charge in [0.15, 0.2) is 0 Å². The fourth-order valence-electron chi connectivity index (χ4n) is 6.65. The summed E-state index contributed by atoms with van der Waals surface area (Å²) in [6, 6.07) is 47.1. The van der Waals surface area contributed by atoms with Crippen LogP contribution >= 0.6 is 0 Å². The monoisotopic (exact) mass is 511 g/mol. The van der Waals surface area contributed by atoms with Crippen molar-refractivity contribution in [3.63, 3.8) is 0 Å². The Hall–Kier alpha value is -5.22. The first kappa shape index (κ1) is 21.7. The fourth-order valence-corrected chi connectivity index (χ4v) is 6.65. The van der Waals surface area contributed by atoms with Gasteiger partial charge in [0.25, 0.3) is 6.71 Å². The van der Waals surface area contributed by atoms with Crippen molar-refractivity contribution in [1.29, 1.82) is 0 Å². The van der Waals surface area contributed by atoms with E-state index in [1.54, 1.807) is 0 Å². The van der Waals surface area contributed by atoms with Crippen molar-refractivity contribution in [3.05, 3.63) is 133 Å². The number of fused-ring (bicyclic) bond motifs is 7. The molecule has 2 aliphatic rings. The molecule has 0 saturated carbocycles. The summed E-state index contributed by atoms with van der Waals surface area (Å²) in [5, 5.41) is 2.50. The van der Waals surface area contributed by atoms with Crippen LogP contribution in [0.4, 0.5) is 0 Å². The summed E-state index contributed by atoms with van der Waals surface area (Å²) in [6.07, 6.45) is 0. The minimum absolute atomic E-state index is 0.0408. The molecule has 0 atom stereocenters. The standard InChI is InChI=1S/C36H22BNO2/c1-2-10-24(11-3-1)38-30-16-6-4-12-26(30)27-14-8-13-25(36(27)38)23-20-21-32-29(22-23)37-28-15-5-7-17-31(28)39-33-18-9-19-34(40-32)35(33)37/h1-22H. The molecule has 3 heterocycles. The Morgan fingerprint density at radius 1 is 0.500 bits per heavy atom. The summed E-state index contributed by atoms with van der Waals surface area (Å²) in [7, 11) is 0. The first-order valence-electron chi connectivity index (χ1n) is 13.6. The van der Waals surface area contributed by atoms with E-state index in [2.05, 4.69) is 114 Å². The molecule has 9 rings (SSSR count). The zero-order valence-electron chi connectivity index (χ0n) is 21.5. The molecule has 0 radical (unpaired) electrons. The number of ether oxygens (including phenoxy) is 2. The summed E-state index contributed by atoms with van der Waals surface area (Å²) in [5.41, 5.74) is 9.35. The Balaban J connectivity index is 1.32. The highest BCUT2D eigenvalue weighted by Gasteiger charge is 2.40. The molecule has 40 heavy (non-hydrogen) atoms. The molecule has 0 unspecified atom stereocenters. The van der Waals surface area contributed by atoms with Gasteiger partial charge in [0.1, 0.15) is 23.0 Å². The van der Waals surface area contributed by atoms with Crippen molar-refractivity contribution in [2.24, 2.45) is 0 Å². The van der Waals surface area contributed by atoms with Crippen LogP contribution in [0.3, 0.4) is 0 Å². The molecule has 6 aromatic carbocycles. The maximum Gasteiger partial charge on any atom is 0.260 e. The number of rotatable bonds is 2. The smallest absolute Gasteiger partial charge is 0.260 e. The van der Waals surface area contributed by atoms with Gasteiger partial charge in [0, 0.05) is 27.5 Å². The summed E-state index contributed by atoms with van der Waals surface area (Å²) in [4.78, 5) is 0. The highest BCUT2D eigenvalue weighted by atomic mass is 16.5. The van der Waals surface area contributed by atoms with E-state index in [4.69, 9.17) is 9.47 Å². The van der Waals surface area contributed by atoms with E-state index in [1.807, 2.05) is 24.3 Å². The molecule has 0 spiro atoms. The summed E-state index contributed by atoms with van der Waals surface area (Å²) >= 11 is 0. The van der Waals surface area contributed by atoms with Gasteiger partial charge in [-0.15, -0.1) is 0 Å². The lowest BCUT2D eigenvalue weighted by Crippen LogP contribution is -2.57. The molecule has 186 valence electrons. The van der Waals surface area contributed by atoms with Crippen molar-refractivity contribution in [2.45, 2.75) is 0 Å². The molecular weight excluding hydrogens is 489 g/mol. The maximum atomic E-state index is 6.47. The third-order valence-corrected chi connectivity index (χ3v) is 8.33. The lowest BCUT2D eigenvalue weighted by molar-refractivity contribution is 0.464. The van der Waals surface area contributed by atoms with Gasteiger partial charge in [0.2, 0.25) is 0 Å². The van der Waals surface area contributed by atoms with E-state index in [0.29, 0.717) is 0 Å². The van der Waals surface area contributed by atoms with Gasteiger partial charge in [0.05, 0.1) is 11.0 Å². The number of hydrogen-bond acceptors (Lipinski definition) is 2. The van der Waals surface area contributed by atoms with E-state index in [0.717, 1.165) is 45.2 Å². The Morgan fingerprint density at radius 3 is 2.05 bits per heavy atom. The second-order valence-electron chi connectivity index (χ2n) is 10.5. The van der Waals surface area contributed by atoms with Crippen LogP contribution in [0.2, 0.25) is 0 Å². The average molecular weight is 511 g/mol. The van der Waals surface area contributed by atoms with Gasteiger partial charge in [-0.3, -0.25) is 0 Å². The van der Waals surface area contributed by atoms with E-state index < -0.39 is 0 Å². The van der Waals surface area contributed by atoms with Crippen molar-refractivity contribution >= 4 is 44.9 Å². The molecule has 7 aromatic rings. The van der Waals surface area contributed by atoms with Gasteiger partial charge in [-0.05, 0) is 59.0 Å². The Kier molecular flexibility index (Phi) is 4.41. The van der Waals surface area contributed by atoms with Crippen LogP contribution in [-0.4, -0.2) is 11.3 Å². The number of aromatic nitrogens is 1. The molecule has 4 heteroatoms. The lowest BCUT2D eigenvalue weighted by Gasteiger charge is -2.33. The second-order valence-corrected chi connectivity index (χ2v) is 10.5. The normalized spacial score (nSPS) is 12.8. The van der Waals surface area contributed by atoms with Crippen LogP contribution in [0, 0.1) is 0 Å². The number of nitrogens with zero attached hydrogens (tertiary/aromatic N) is 1. The molecule has 0 amide bonds. The Bertz CT molecular complexity index is 2120. The molecule has 3 nitrogen and oxygen atoms in total. The minimum Gasteiger partial charge on any atom is -0.458 e. The summed E-state index contributed by atoms with van der Waals surface area (Å²) < 4.78 is 15.2. The molecule has 0 aliphatic carbocycles. The molecule has 0 saturated heterocycles. The van der Waals surface area contributed by atoms with Crippen molar-refractivity contribution in [2.75, 3.05) is 0 Å². The molecule has 0 N–H and O–H groups in total. The van der Waals surface area contributed by atoms with Gasteiger partial charge in [-0.25, -0.2) is 0 Å².